The molecule has 0 radical (unpaired) electrons. The van der Waals surface area contributed by atoms with Crippen molar-refractivity contribution >= 4 is 11.6 Å². The molecule has 2 saturated carbocycles. The van der Waals surface area contributed by atoms with E-state index in [0.29, 0.717) is 23.9 Å². The highest BCUT2D eigenvalue weighted by molar-refractivity contribution is 5.95. The fourth-order valence-electron chi connectivity index (χ4n) is 5.46. The Morgan fingerprint density at radius 2 is 1.86 bits per heavy atom. The fourth-order valence-corrected chi connectivity index (χ4v) is 5.46. The Kier molecular flexibility index (Phi) is 3.42. The summed E-state index contributed by atoms with van der Waals surface area (Å²) in [6, 6.07) is 0. The third-order valence-electron chi connectivity index (χ3n) is 6.94. The van der Waals surface area contributed by atoms with Crippen LogP contribution in [-0.2, 0) is 9.59 Å². The van der Waals surface area contributed by atoms with E-state index in [1.165, 1.54) is 5.57 Å². The largest absolute Gasteiger partial charge is 0.299 e. The molecule has 2 heteroatoms. The molecule has 4 atom stereocenters. The minimum atomic E-state index is -0.424. The highest BCUT2D eigenvalue weighted by Gasteiger charge is 2.53. The molecule has 0 aromatic heterocycles. The first-order valence-electron chi connectivity index (χ1n) is 8.55. The van der Waals surface area contributed by atoms with Crippen LogP contribution in [0, 0.1) is 28.6 Å². The SMILES string of the molecule is C[C@@H]1C(=O)[C@]2(C)CCCC(=O)[C@H]2CC=C2CC[C@H]1C2(C)C. The molecule has 0 aliphatic heterocycles. The first-order valence-corrected chi connectivity index (χ1v) is 8.55. The van der Waals surface area contributed by atoms with Gasteiger partial charge in [-0.2, -0.15) is 0 Å². The van der Waals surface area contributed by atoms with Gasteiger partial charge in [-0.15, -0.1) is 0 Å². The van der Waals surface area contributed by atoms with Gasteiger partial charge >= 0.3 is 0 Å². The van der Waals surface area contributed by atoms with Gasteiger partial charge in [-0.05, 0) is 43.4 Å². The molecule has 0 saturated heterocycles. The van der Waals surface area contributed by atoms with Crippen LogP contribution in [0.3, 0.4) is 0 Å². The second kappa shape index (κ2) is 4.79. The summed E-state index contributed by atoms with van der Waals surface area (Å²) in [4.78, 5) is 25.7. The van der Waals surface area contributed by atoms with E-state index in [4.69, 9.17) is 0 Å². The van der Waals surface area contributed by atoms with Crippen molar-refractivity contribution in [1.29, 1.82) is 0 Å². The predicted molar refractivity (Wildman–Crippen MR) is 83.8 cm³/mol. The van der Waals surface area contributed by atoms with Gasteiger partial charge in [0.1, 0.15) is 11.6 Å². The van der Waals surface area contributed by atoms with Crippen LogP contribution >= 0.6 is 0 Å². The van der Waals surface area contributed by atoms with E-state index >= 15 is 0 Å². The van der Waals surface area contributed by atoms with E-state index < -0.39 is 5.41 Å². The lowest BCUT2D eigenvalue weighted by Crippen LogP contribution is -2.47. The second-order valence-corrected chi connectivity index (χ2v) is 8.27. The van der Waals surface area contributed by atoms with Crippen LogP contribution in [-0.4, -0.2) is 11.6 Å². The number of rotatable bonds is 0. The van der Waals surface area contributed by atoms with E-state index in [2.05, 4.69) is 33.8 Å². The molecule has 0 aromatic rings. The maximum Gasteiger partial charge on any atom is 0.142 e. The lowest BCUT2D eigenvalue weighted by Gasteiger charge is -2.42. The van der Waals surface area contributed by atoms with Gasteiger partial charge in [-0.3, -0.25) is 9.59 Å². The number of carbonyl (C=O) groups is 2. The number of allylic oxidation sites excluding steroid dienone is 2. The van der Waals surface area contributed by atoms with Crippen LogP contribution < -0.4 is 0 Å². The quantitative estimate of drug-likeness (QED) is 0.622. The molecule has 116 valence electrons. The van der Waals surface area contributed by atoms with Crippen molar-refractivity contribution in [2.45, 2.75) is 66.2 Å². The normalized spacial score (nSPS) is 42.7. The standard InChI is InChI=1S/C19H28O2/c1-12-14-9-7-13(18(14,2)3)8-10-15-16(20)6-5-11-19(15,4)17(12)21/h8,12,14-15H,5-7,9-11H2,1-4H3/t12-,14+,15+,19+/m0/s1. The number of hydrogen-bond acceptors (Lipinski definition) is 2. The molecule has 0 amide bonds. The van der Waals surface area contributed by atoms with E-state index in [1.54, 1.807) is 0 Å². The van der Waals surface area contributed by atoms with Gasteiger partial charge in [0.25, 0.3) is 0 Å². The van der Waals surface area contributed by atoms with Gasteiger partial charge in [0.15, 0.2) is 0 Å². The van der Waals surface area contributed by atoms with E-state index in [0.717, 1.165) is 32.1 Å². The Labute approximate surface area is 128 Å². The first kappa shape index (κ1) is 15.0. The Morgan fingerprint density at radius 1 is 1.14 bits per heavy atom. The minimum absolute atomic E-state index is 0.0717. The summed E-state index contributed by atoms with van der Waals surface area (Å²) < 4.78 is 0. The summed E-state index contributed by atoms with van der Waals surface area (Å²) in [6.45, 7) is 8.77. The summed E-state index contributed by atoms with van der Waals surface area (Å²) in [6.07, 6.45) is 7.76. The third kappa shape index (κ3) is 2.05. The van der Waals surface area contributed by atoms with Crippen LogP contribution in [0.4, 0.5) is 0 Å². The molecule has 2 nitrogen and oxygen atoms in total. The zero-order chi connectivity index (χ0) is 15.4. The summed E-state index contributed by atoms with van der Waals surface area (Å²) >= 11 is 0. The maximum atomic E-state index is 13.3. The van der Waals surface area contributed by atoms with E-state index in [9.17, 15) is 9.59 Å². The van der Waals surface area contributed by atoms with Crippen LogP contribution in [0.25, 0.3) is 0 Å². The smallest absolute Gasteiger partial charge is 0.142 e. The molecular weight excluding hydrogens is 260 g/mol. The monoisotopic (exact) mass is 288 g/mol. The van der Waals surface area contributed by atoms with Gasteiger partial charge in [-0.25, -0.2) is 0 Å². The van der Waals surface area contributed by atoms with Crippen molar-refractivity contribution in [3.63, 3.8) is 0 Å². The van der Waals surface area contributed by atoms with E-state index in [1.807, 2.05) is 0 Å². The Morgan fingerprint density at radius 3 is 2.57 bits per heavy atom. The Bertz CT molecular complexity index is 514. The molecule has 0 unspecified atom stereocenters. The van der Waals surface area contributed by atoms with Crippen molar-refractivity contribution < 1.29 is 9.59 Å². The summed E-state index contributed by atoms with van der Waals surface area (Å²) in [7, 11) is 0. The topological polar surface area (TPSA) is 34.1 Å². The van der Waals surface area contributed by atoms with Gasteiger partial charge in [0.05, 0.1) is 0 Å². The highest BCUT2D eigenvalue weighted by atomic mass is 16.1. The minimum Gasteiger partial charge on any atom is -0.299 e. The predicted octanol–water partition coefficient (Wildman–Crippen LogP) is 4.33. The van der Waals surface area contributed by atoms with E-state index in [-0.39, 0.29) is 17.3 Å². The van der Waals surface area contributed by atoms with Crippen molar-refractivity contribution in [2.24, 2.45) is 28.6 Å². The fraction of sp³-hybridized carbons (Fsp3) is 0.789. The maximum absolute atomic E-state index is 13.3. The van der Waals surface area contributed by atoms with Gasteiger partial charge in [-0.1, -0.05) is 39.3 Å². The zero-order valence-electron chi connectivity index (χ0n) is 13.9. The molecule has 21 heavy (non-hydrogen) atoms. The van der Waals surface area contributed by atoms with Crippen LogP contribution in [0.1, 0.15) is 66.2 Å². The van der Waals surface area contributed by atoms with Gasteiger partial charge in [0.2, 0.25) is 0 Å². The van der Waals surface area contributed by atoms with Crippen molar-refractivity contribution in [3.05, 3.63) is 11.6 Å². The molecule has 3 aliphatic rings. The first-order chi connectivity index (χ1) is 9.78. The molecule has 2 fully saturated rings. The molecule has 3 rings (SSSR count). The summed E-state index contributed by atoms with van der Waals surface area (Å²) in [5, 5.41) is 0. The number of carbonyl (C=O) groups excluding carboxylic acids is 2. The number of hydrogen-bond donors (Lipinski definition) is 0. The van der Waals surface area contributed by atoms with Crippen molar-refractivity contribution in [1.82, 2.24) is 0 Å². The lowest BCUT2D eigenvalue weighted by molar-refractivity contribution is -0.146. The molecule has 2 bridgehead atoms. The number of ketones is 2. The number of Topliss-reactive ketones (excluding diaryl/α,β-unsaturated/α-hetero) is 2. The van der Waals surface area contributed by atoms with Gasteiger partial charge < -0.3 is 0 Å². The molecule has 0 spiro atoms. The van der Waals surface area contributed by atoms with Crippen LogP contribution in [0.2, 0.25) is 0 Å². The molecule has 3 aliphatic carbocycles. The van der Waals surface area contributed by atoms with Gasteiger partial charge in [0, 0.05) is 23.7 Å². The van der Waals surface area contributed by atoms with Crippen LogP contribution in [0.5, 0.6) is 0 Å². The average molecular weight is 288 g/mol. The number of fused-ring (bicyclic) bond motifs is 3. The lowest BCUT2D eigenvalue weighted by atomic mass is 9.59. The zero-order valence-corrected chi connectivity index (χ0v) is 13.9. The summed E-state index contributed by atoms with van der Waals surface area (Å²) in [5.41, 5.74) is 1.17. The Balaban J connectivity index is 2.09. The molecule has 0 aromatic carbocycles. The third-order valence-corrected chi connectivity index (χ3v) is 6.94. The average Bonchev–Trinajstić information content (AvgIpc) is 2.71. The molecular formula is C19H28O2. The second-order valence-electron chi connectivity index (χ2n) is 8.27. The van der Waals surface area contributed by atoms with Crippen LogP contribution in [0.15, 0.2) is 11.6 Å². The summed E-state index contributed by atoms with van der Waals surface area (Å²) in [5.74, 6) is 1.10. The molecule has 0 N–H and O–H groups in total. The van der Waals surface area contributed by atoms with Crippen molar-refractivity contribution in [2.75, 3.05) is 0 Å². The molecule has 0 heterocycles. The van der Waals surface area contributed by atoms with Crippen molar-refractivity contribution in [3.8, 4) is 0 Å². The Hall–Kier alpha value is -0.920. The highest BCUT2D eigenvalue weighted by Crippen LogP contribution is 2.55.